The van der Waals surface area contributed by atoms with E-state index in [4.69, 9.17) is 0 Å². The van der Waals surface area contributed by atoms with E-state index in [0.29, 0.717) is 25.9 Å². The van der Waals surface area contributed by atoms with Crippen LogP contribution in [0.15, 0.2) is 22.7 Å². The molecular weight excluding hydrogens is 380 g/mol. The Morgan fingerprint density at radius 3 is 2.87 bits per heavy atom. The first-order chi connectivity index (χ1) is 10.9. The van der Waals surface area contributed by atoms with Gasteiger partial charge in [-0.1, -0.05) is 22.9 Å². The molecule has 3 rings (SSSR count). The summed E-state index contributed by atoms with van der Waals surface area (Å²) in [4.78, 5) is 14.7. The number of carbonyl (C=O) groups excluding carboxylic acids is 1. The van der Waals surface area contributed by atoms with E-state index in [-0.39, 0.29) is 11.7 Å². The first kappa shape index (κ1) is 16.9. The molecule has 0 aliphatic carbocycles. The molecule has 2 aliphatic rings. The van der Waals surface area contributed by atoms with Crippen molar-refractivity contribution in [1.82, 2.24) is 4.31 Å². The lowest BCUT2D eigenvalue weighted by Gasteiger charge is -2.27. The van der Waals surface area contributed by atoms with E-state index in [9.17, 15) is 13.2 Å². The molecule has 0 bridgehead atoms. The number of hydrogen-bond donors (Lipinski definition) is 0. The number of amides is 1. The van der Waals surface area contributed by atoms with Crippen molar-refractivity contribution in [3.63, 3.8) is 0 Å². The zero-order valence-corrected chi connectivity index (χ0v) is 15.6. The van der Waals surface area contributed by atoms with Crippen LogP contribution in [0.3, 0.4) is 0 Å². The fraction of sp³-hybridized carbons (Fsp3) is 0.562. The second-order valence-corrected chi connectivity index (χ2v) is 9.05. The van der Waals surface area contributed by atoms with Gasteiger partial charge >= 0.3 is 0 Å². The number of anilines is 1. The van der Waals surface area contributed by atoms with Crippen LogP contribution in [0.5, 0.6) is 0 Å². The quantitative estimate of drug-likeness (QED) is 0.779. The lowest BCUT2D eigenvalue weighted by Crippen LogP contribution is -2.48. The number of sulfonamides is 1. The van der Waals surface area contributed by atoms with Crippen molar-refractivity contribution in [2.24, 2.45) is 0 Å². The molecule has 1 amide bonds. The molecular formula is C16H21BrN2O3S. The summed E-state index contributed by atoms with van der Waals surface area (Å²) in [5.74, 6) is 0.0311. The smallest absolute Gasteiger partial charge is 0.245 e. The van der Waals surface area contributed by atoms with Gasteiger partial charge in [-0.05, 0) is 49.4 Å². The Hall–Kier alpha value is -0.920. The third-order valence-electron chi connectivity index (χ3n) is 4.51. The Morgan fingerprint density at radius 2 is 2.13 bits per heavy atom. The van der Waals surface area contributed by atoms with Crippen LogP contribution in [-0.2, 0) is 21.2 Å². The molecule has 1 aromatic carbocycles. The van der Waals surface area contributed by atoms with Crippen LogP contribution in [0.25, 0.3) is 0 Å². The minimum Gasteiger partial charge on any atom is -0.310 e. The molecule has 1 atom stereocenters. The monoisotopic (exact) mass is 400 g/mol. The predicted molar refractivity (Wildman–Crippen MR) is 94.0 cm³/mol. The molecule has 5 nitrogen and oxygen atoms in total. The first-order valence-corrected chi connectivity index (χ1v) is 10.4. The number of rotatable bonds is 4. The Balaban J connectivity index is 1.84. The molecule has 0 spiro atoms. The van der Waals surface area contributed by atoms with Gasteiger partial charge in [-0.15, -0.1) is 0 Å². The molecule has 0 radical (unpaired) electrons. The average Bonchev–Trinajstić information content (AvgIpc) is 3.13. The van der Waals surface area contributed by atoms with Crippen molar-refractivity contribution in [3.05, 3.63) is 28.2 Å². The largest absolute Gasteiger partial charge is 0.310 e. The SMILES string of the molecule is CCCS(=O)(=O)N1CCCC1C(=O)N1CCc2cc(Br)ccc21. The van der Waals surface area contributed by atoms with E-state index in [2.05, 4.69) is 15.9 Å². The van der Waals surface area contributed by atoms with E-state index in [1.54, 1.807) is 4.90 Å². The Morgan fingerprint density at radius 1 is 1.35 bits per heavy atom. The van der Waals surface area contributed by atoms with Crippen molar-refractivity contribution in [1.29, 1.82) is 0 Å². The zero-order chi connectivity index (χ0) is 16.6. The van der Waals surface area contributed by atoms with Crippen LogP contribution in [0.4, 0.5) is 5.69 Å². The summed E-state index contributed by atoms with van der Waals surface area (Å²) >= 11 is 3.45. The Kier molecular flexibility index (Phi) is 4.80. The summed E-state index contributed by atoms with van der Waals surface area (Å²) in [6.07, 6.45) is 2.75. The van der Waals surface area contributed by atoms with Crippen molar-refractivity contribution < 1.29 is 13.2 Å². The lowest BCUT2D eigenvalue weighted by molar-refractivity contribution is -0.121. The highest BCUT2D eigenvalue weighted by Gasteiger charge is 2.41. The molecule has 126 valence electrons. The minimum atomic E-state index is -3.34. The second-order valence-electron chi connectivity index (χ2n) is 6.10. The summed E-state index contributed by atoms with van der Waals surface area (Å²) in [5.41, 5.74) is 2.05. The van der Waals surface area contributed by atoms with E-state index in [1.165, 1.54) is 4.31 Å². The summed E-state index contributed by atoms with van der Waals surface area (Å²) in [7, 11) is -3.34. The number of fused-ring (bicyclic) bond motifs is 1. The molecule has 0 N–H and O–H groups in total. The summed E-state index contributed by atoms with van der Waals surface area (Å²) < 4.78 is 27.2. The van der Waals surface area contributed by atoms with Crippen molar-refractivity contribution in [2.45, 2.75) is 38.6 Å². The van der Waals surface area contributed by atoms with Gasteiger partial charge in [-0.25, -0.2) is 8.42 Å². The molecule has 2 aliphatic heterocycles. The number of benzene rings is 1. The van der Waals surface area contributed by atoms with Crippen LogP contribution in [0, 0.1) is 0 Å². The number of nitrogens with zero attached hydrogens (tertiary/aromatic N) is 2. The van der Waals surface area contributed by atoms with Gasteiger partial charge in [0.1, 0.15) is 6.04 Å². The van der Waals surface area contributed by atoms with Gasteiger partial charge in [0.05, 0.1) is 5.75 Å². The van der Waals surface area contributed by atoms with Gasteiger partial charge in [-0.3, -0.25) is 4.79 Å². The topological polar surface area (TPSA) is 57.7 Å². The number of halogens is 1. The number of carbonyl (C=O) groups is 1. The summed E-state index contributed by atoms with van der Waals surface area (Å²) in [6.45, 7) is 2.93. The Bertz CT molecular complexity index is 720. The normalized spacial score (nSPS) is 21.7. The van der Waals surface area contributed by atoms with Crippen molar-refractivity contribution in [3.8, 4) is 0 Å². The summed E-state index contributed by atoms with van der Waals surface area (Å²) in [5, 5.41) is 0. The maximum absolute atomic E-state index is 13.0. The fourth-order valence-electron chi connectivity index (χ4n) is 3.47. The van der Waals surface area contributed by atoms with E-state index >= 15 is 0 Å². The molecule has 7 heteroatoms. The maximum atomic E-state index is 13.0. The van der Waals surface area contributed by atoms with Gasteiger partial charge in [0.2, 0.25) is 15.9 Å². The highest BCUT2D eigenvalue weighted by Crippen LogP contribution is 2.33. The molecule has 1 aromatic rings. The third kappa shape index (κ3) is 3.19. The standard InChI is InChI=1S/C16H21BrN2O3S/c1-2-10-23(21,22)19-8-3-4-15(19)16(20)18-9-7-12-11-13(17)5-6-14(12)18/h5-6,11,15H,2-4,7-10H2,1H3. The van der Waals surface area contributed by atoms with Crippen LogP contribution >= 0.6 is 15.9 Å². The van der Waals surface area contributed by atoms with Crippen LogP contribution < -0.4 is 4.90 Å². The van der Waals surface area contributed by atoms with Crippen LogP contribution in [0.1, 0.15) is 31.7 Å². The molecule has 1 fully saturated rings. The molecule has 1 unspecified atom stereocenters. The van der Waals surface area contributed by atoms with E-state index in [1.807, 2.05) is 25.1 Å². The van der Waals surface area contributed by atoms with Gasteiger partial charge in [0, 0.05) is 23.2 Å². The van der Waals surface area contributed by atoms with E-state index < -0.39 is 16.1 Å². The third-order valence-corrected chi connectivity index (χ3v) is 7.08. The van der Waals surface area contributed by atoms with Gasteiger partial charge in [0.15, 0.2) is 0 Å². The molecule has 23 heavy (non-hydrogen) atoms. The highest BCUT2D eigenvalue weighted by atomic mass is 79.9. The van der Waals surface area contributed by atoms with Crippen LogP contribution in [0.2, 0.25) is 0 Å². The van der Waals surface area contributed by atoms with E-state index in [0.717, 1.165) is 28.6 Å². The summed E-state index contributed by atoms with van der Waals surface area (Å²) in [6, 6.07) is 5.35. The van der Waals surface area contributed by atoms with Gasteiger partial charge in [0.25, 0.3) is 0 Å². The van der Waals surface area contributed by atoms with Gasteiger partial charge < -0.3 is 4.90 Å². The lowest BCUT2D eigenvalue weighted by atomic mass is 10.1. The Labute approximate surface area is 145 Å². The maximum Gasteiger partial charge on any atom is 0.245 e. The first-order valence-electron chi connectivity index (χ1n) is 8.03. The van der Waals surface area contributed by atoms with Crippen molar-refractivity contribution in [2.75, 3.05) is 23.7 Å². The fourth-order valence-corrected chi connectivity index (χ4v) is 5.62. The molecule has 0 aromatic heterocycles. The van der Waals surface area contributed by atoms with Gasteiger partial charge in [-0.2, -0.15) is 4.31 Å². The molecule has 1 saturated heterocycles. The predicted octanol–water partition coefficient (Wildman–Crippen LogP) is 2.54. The van der Waals surface area contributed by atoms with Crippen molar-refractivity contribution >= 4 is 37.5 Å². The highest BCUT2D eigenvalue weighted by molar-refractivity contribution is 9.10. The minimum absolute atomic E-state index is 0.0803. The van der Waals surface area contributed by atoms with Crippen LogP contribution in [-0.4, -0.2) is 43.5 Å². The number of hydrogen-bond acceptors (Lipinski definition) is 3. The second kappa shape index (κ2) is 6.53. The average molecular weight is 401 g/mol. The molecule has 0 saturated carbocycles. The zero-order valence-electron chi connectivity index (χ0n) is 13.2. The molecule has 2 heterocycles.